The number of oxime groups is 1. The van der Waals surface area contributed by atoms with Crippen molar-refractivity contribution in [3.8, 4) is 5.75 Å². The van der Waals surface area contributed by atoms with Gasteiger partial charge in [-0.25, -0.2) is 9.37 Å². The molecule has 1 saturated heterocycles. The van der Waals surface area contributed by atoms with Crippen LogP contribution in [0.1, 0.15) is 43.7 Å². The largest absolute Gasteiger partial charge is 0.494 e. The molecular weight excluding hydrogens is 483 g/mol. The fourth-order valence-electron chi connectivity index (χ4n) is 4.17. The molecule has 0 bridgehead atoms. The predicted octanol–water partition coefficient (Wildman–Crippen LogP) is 4.18. The van der Waals surface area contributed by atoms with Gasteiger partial charge in [0.15, 0.2) is 5.82 Å². The summed E-state index contributed by atoms with van der Waals surface area (Å²) in [6, 6.07) is 7.26. The van der Waals surface area contributed by atoms with Crippen LogP contribution in [0.4, 0.5) is 10.1 Å². The topological polar surface area (TPSA) is 84.3 Å². The highest BCUT2D eigenvalue weighted by atomic mass is 35.5. The van der Waals surface area contributed by atoms with E-state index in [1.54, 1.807) is 0 Å². The Morgan fingerprint density at radius 1 is 1.18 bits per heavy atom. The van der Waals surface area contributed by atoms with Gasteiger partial charge in [-0.2, -0.15) is 12.7 Å². The zero-order valence-electron chi connectivity index (χ0n) is 19.0. The fraction of sp³-hybridized carbons (Fsp3) is 0.478. The highest BCUT2D eigenvalue weighted by molar-refractivity contribution is 7.90. The Bertz CT molecular complexity index is 1160. The molecule has 0 saturated carbocycles. The quantitative estimate of drug-likeness (QED) is 0.272. The normalized spacial score (nSPS) is 18.4. The lowest BCUT2D eigenvalue weighted by Gasteiger charge is -2.20. The van der Waals surface area contributed by atoms with Gasteiger partial charge in [0.25, 0.3) is 0 Å². The molecule has 34 heavy (non-hydrogen) atoms. The van der Waals surface area contributed by atoms with E-state index in [1.807, 2.05) is 19.1 Å². The van der Waals surface area contributed by atoms with E-state index in [0.29, 0.717) is 32.7 Å². The number of unbranched alkanes of at least 4 members (excludes halogenated alkanes) is 2. The van der Waals surface area contributed by atoms with Gasteiger partial charge in [0.2, 0.25) is 0 Å². The van der Waals surface area contributed by atoms with Crippen molar-refractivity contribution >= 4 is 33.2 Å². The van der Waals surface area contributed by atoms with E-state index < -0.39 is 16.0 Å². The van der Waals surface area contributed by atoms with E-state index in [2.05, 4.69) is 16.2 Å². The summed E-state index contributed by atoms with van der Waals surface area (Å²) < 4.78 is 48.0. The van der Waals surface area contributed by atoms with Crippen molar-refractivity contribution in [1.82, 2.24) is 9.29 Å². The number of rotatable bonds is 10. The molecule has 0 amide bonds. The number of hydrogen-bond acceptors (Lipinski definition) is 6. The van der Waals surface area contributed by atoms with E-state index >= 15 is 0 Å². The Balaban J connectivity index is 1.21. The van der Waals surface area contributed by atoms with E-state index in [1.165, 1.54) is 15.9 Å². The maximum atomic E-state index is 14.1. The Morgan fingerprint density at radius 2 is 2.03 bits per heavy atom. The van der Waals surface area contributed by atoms with E-state index in [9.17, 15) is 12.8 Å². The third kappa shape index (κ3) is 5.45. The van der Waals surface area contributed by atoms with Crippen molar-refractivity contribution in [3.63, 3.8) is 0 Å². The Labute approximate surface area is 204 Å². The molecule has 0 N–H and O–H groups in total. The van der Waals surface area contributed by atoms with Crippen LogP contribution in [-0.2, 0) is 21.5 Å². The second-order valence-corrected chi connectivity index (χ2v) is 10.4. The summed E-state index contributed by atoms with van der Waals surface area (Å²) in [6.45, 7) is 3.88. The molecule has 1 fully saturated rings. The van der Waals surface area contributed by atoms with Crippen LogP contribution in [0.2, 0.25) is 5.15 Å². The van der Waals surface area contributed by atoms with Gasteiger partial charge in [0, 0.05) is 31.3 Å². The number of fused-ring (bicyclic) bond motifs is 1. The highest BCUT2D eigenvalue weighted by Gasteiger charge is 2.37. The van der Waals surface area contributed by atoms with Crippen LogP contribution in [0, 0.1) is 5.82 Å². The van der Waals surface area contributed by atoms with Crippen molar-refractivity contribution in [3.05, 3.63) is 52.6 Å². The van der Waals surface area contributed by atoms with Crippen LogP contribution >= 0.6 is 11.6 Å². The maximum absolute atomic E-state index is 14.1. The zero-order valence-corrected chi connectivity index (χ0v) is 20.6. The van der Waals surface area contributed by atoms with Crippen molar-refractivity contribution in [2.45, 2.75) is 39.0 Å². The summed E-state index contributed by atoms with van der Waals surface area (Å²) in [5.74, 6) is 0.114. The van der Waals surface area contributed by atoms with E-state index in [-0.39, 0.29) is 17.4 Å². The van der Waals surface area contributed by atoms with E-state index in [4.69, 9.17) is 21.2 Å². The number of pyridine rings is 1. The van der Waals surface area contributed by atoms with Crippen molar-refractivity contribution < 1.29 is 22.4 Å². The number of nitrogens with zero attached hydrogens (tertiary/aromatic N) is 4. The molecule has 1 aliphatic heterocycles. The van der Waals surface area contributed by atoms with Crippen LogP contribution in [0.25, 0.3) is 0 Å². The molecule has 0 unspecified atom stereocenters. The molecular formula is C23H28ClFN4O4S. The molecule has 2 aromatic rings. The minimum atomic E-state index is -3.78. The van der Waals surface area contributed by atoms with Gasteiger partial charge >= 0.3 is 10.2 Å². The lowest BCUT2D eigenvalue weighted by atomic mass is 10.1. The molecule has 8 nitrogen and oxygen atoms in total. The summed E-state index contributed by atoms with van der Waals surface area (Å²) in [6.07, 6.45) is 5.05. The fourth-order valence-corrected chi connectivity index (χ4v) is 5.97. The van der Waals surface area contributed by atoms with Crippen molar-refractivity contribution in [1.29, 1.82) is 0 Å². The SMILES string of the molecule is CCO/N=C1\CCc2cc(OCCCCCN3CCN(c4cc(Cl)ncc4F)S3(=O)=O)ccc21. The number of anilines is 1. The van der Waals surface area contributed by atoms with Gasteiger partial charge in [-0.1, -0.05) is 16.8 Å². The molecule has 1 aromatic carbocycles. The van der Waals surface area contributed by atoms with Crippen molar-refractivity contribution in [2.75, 3.05) is 37.2 Å². The van der Waals surface area contributed by atoms with Crippen LogP contribution in [0.15, 0.2) is 35.6 Å². The van der Waals surface area contributed by atoms with Crippen LogP contribution in [0.3, 0.4) is 0 Å². The predicted molar refractivity (Wildman–Crippen MR) is 129 cm³/mol. The first-order valence-electron chi connectivity index (χ1n) is 11.4. The maximum Gasteiger partial charge on any atom is 0.304 e. The molecule has 11 heteroatoms. The first-order chi connectivity index (χ1) is 16.4. The molecule has 0 radical (unpaired) electrons. The molecule has 4 rings (SSSR count). The minimum absolute atomic E-state index is 0.0486. The average molecular weight is 511 g/mol. The van der Waals surface area contributed by atoms with Gasteiger partial charge in [-0.3, -0.25) is 4.31 Å². The first-order valence-corrected chi connectivity index (χ1v) is 13.2. The molecule has 1 aliphatic carbocycles. The molecule has 0 atom stereocenters. The highest BCUT2D eigenvalue weighted by Crippen LogP contribution is 2.30. The van der Waals surface area contributed by atoms with Crippen LogP contribution < -0.4 is 9.04 Å². The summed E-state index contributed by atoms with van der Waals surface area (Å²) >= 11 is 5.82. The monoisotopic (exact) mass is 510 g/mol. The number of halogens is 2. The Kier molecular flexibility index (Phi) is 7.90. The molecule has 0 spiro atoms. The van der Waals surface area contributed by atoms with Gasteiger partial charge in [0.05, 0.1) is 24.2 Å². The molecule has 2 aliphatic rings. The second-order valence-electron chi connectivity index (χ2n) is 8.12. The molecule has 1 aromatic heterocycles. The minimum Gasteiger partial charge on any atom is -0.494 e. The van der Waals surface area contributed by atoms with Gasteiger partial charge in [-0.05, 0) is 62.8 Å². The molecule has 2 heterocycles. The van der Waals surface area contributed by atoms with Gasteiger partial charge in [-0.15, -0.1) is 0 Å². The van der Waals surface area contributed by atoms with Gasteiger partial charge in [0.1, 0.15) is 17.5 Å². The number of hydrogen-bond donors (Lipinski definition) is 0. The summed E-state index contributed by atoms with van der Waals surface area (Å²) in [5, 5.41) is 4.23. The number of aryl methyl sites for hydroxylation is 1. The van der Waals surface area contributed by atoms with Crippen LogP contribution in [-0.4, -0.2) is 56.3 Å². The average Bonchev–Trinajstić information content (AvgIpc) is 3.35. The summed E-state index contributed by atoms with van der Waals surface area (Å²) in [7, 11) is -3.78. The Morgan fingerprint density at radius 3 is 2.85 bits per heavy atom. The zero-order chi connectivity index (χ0) is 24.1. The van der Waals surface area contributed by atoms with E-state index in [0.717, 1.165) is 53.2 Å². The lowest BCUT2D eigenvalue weighted by molar-refractivity contribution is 0.158. The third-order valence-corrected chi connectivity index (χ3v) is 8.03. The smallest absolute Gasteiger partial charge is 0.304 e. The van der Waals surface area contributed by atoms with Crippen molar-refractivity contribution in [2.24, 2.45) is 5.16 Å². The summed E-state index contributed by atoms with van der Waals surface area (Å²) in [4.78, 5) is 8.83. The number of aromatic nitrogens is 1. The van der Waals surface area contributed by atoms with Crippen LogP contribution in [0.5, 0.6) is 5.75 Å². The standard InChI is InChI=1S/C23H28ClFN4O4S/c1-2-33-27-21-9-6-17-14-18(7-8-19(17)21)32-13-5-3-4-10-28-11-12-29(34(28,30)31)22-15-23(24)26-16-20(22)25/h7-8,14-16H,2-6,9-13H2,1H3/b27-21+. The Hall–Kier alpha value is -2.43. The second kappa shape index (κ2) is 10.9. The summed E-state index contributed by atoms with van der Waals surface area (Å²) in [5.41, 5.74) is 3.25. The molecule has 184 valence electrons. The lowest BCUT2D eigenvalue weighted by Crippen LogP contribution is -2.34. The van der Waals surface area contributed by atoms with Gasteiger partial charge < -0.3 is 9.57 Å². The number of benzene rings is 1. The number of ether oxygens (including phenoxy) is 1. The first kappa shape index (κ1) is 24.7. The third-order valence-electron chi connectivity index (χ3n) is 5.87.